The van der Waals surface area contributed by atoms with Gasteiger partial charge in [-0.15, -0.1) is 0 Å². The summed E-state index contributed by atoms with van der Waals surface area (Å²) in [6.45, 7) is 2.24. The Morgan fingerprint density at radius 2 is 1.31 bits per heavy atom. The van der Waals surface area contributed by atoms with Crippen molar-refractivity contribution < 1.29 is 4.52 Å². The topological polar surface area (TPSA) is 38.9 Å². The van der Waals surface area contributed by atoms with Crippen LogP contribution in [-0.2, 0) is 6.42 Å². The Morgan fingerprint density at radius 3 is 1.97 bits per heavy atom. The number of halogens is 1. The van der Waals surface area contributed by atoms with Crippen LogP contribution in [0.4, 0.5) is 0 Å². The summed E-state index contributed by atoms with van der Waals surface area (Å²) in [5.74, 6) is 1.06. The van der Waals surface area contributed by atoms with Gasteiger partial charge in [0.25, 0.3) is 5.89 Å². The number of nitrogens with zero attached hydrogens (tertiary/aromatic N) is 2. The quantitative estimate of drug-likeness (QED) is 0.301. The second kappa shape index (κ2) is 9.06. The first-order valence-corrected chi connectivity index (χ1v) is 10.4. The van der Waals surface area contributed by atoms with Crippen LogP contribution in [0.3, 0.4) is 0 Å². The molecule has 0 radical (unpaired) electrons. The summed E-state index contributed by atoms with van der Waals surface area (Å²) >= 11 is 5.94. The van der Waals surface area contributed by atoms with Crippen molar-refractivity contribution in [1.29, 1.82) is 0 Å². The van der Waals surface area contributed by atoms with E-state index >= 15 is 0 Å². The molecule has 0 atom stereocenters. The average Bonchev–Trinajstić information content (AvgIpc) is 3.25. The van der Waals surface area contributed by atoms with Gasteiger partial charge in [-0.25, -0.2) is 0 Å². The molecule has 1 aromatic heterocycles. The average molecular weight is 403 g/mol. The van der Waals surface area contributed by atoms with E-state index in [0.29, 0.717) is 16.7 Å². The first kappa shape index (κ1) is 19.4. The standard InChI is InChI=1S/C25H23ClN2O/c1-2-3-4-5-18-6-8-19(9-7-18)20-10-12-22(13-11-20)25-27-24(28-29-25)21-14-16-23(26)17-15-21/h6-17H,2-5H2,1H3. The fourth-order valence-corrected chi connectivity index (χ4v) is 3.43. The molecule has 146 valence electrons. The Labute approximate surface area is 176 Å². The molecule has 0 amide bonds. The van der Waals surface area contributed by atoms with E-state index in [0.717, 1.165) is 17.5 Å². The zero-order valence-electron chi connectivity index (χ0n) is 16.4. The van der Waals surface area contributed by atoms with Gasteiger partial charge in [0, 0.05) is 16.1 Å². The Bertz CT molecular complexity index is 1050. The molecule has 4 aromatic rings. The molecule has 0 aliphatic rings. The van der Waals surface area contributed by atoms with Crippen molar-refractivity contribution in [3.63, 3.8) is 0 Å². The van der Waals surface area contributed by atoms with Gasteiger partial charge >= 0.3 is 0 Å². The highest BCUT2D eigenvalue weighted by Crippen LogP contribution is 2.26. The van der Waals surface area contributed by atoms with Crippen LogP contribution in [0.1, 0.15) is 31.7 Å². The summed E-state index contributed by atoms with van der Waals surface area (Å²) in [6.07, 6.45) is 4.96. The van der Waals surface area contributed by atoms with Gasteiger partial charge in [0.1, 0.15) is 0 Å². The Hall–Kier alpha value is -2.91. The molecular formula is C25H23ClN2O. The van der Waals surface area contributed by atoms with E-state index in [1.807, 2.05) is 36.4 Å². The van der Waals surface area contributed by atoms with Gasteiger partial charge in [-0.3, -0.25) is 0 Å². The third-order valence-electron chi connectivity index (χ3n) is 5.02. The zero-order chi connectivity index (χ0) is 20.1. The maximum absolute atomic E-state index is 5.94. The van der Waals surface area contributed by atoms with Crippen LogP contribution in [-0.4, -0.2) is 10.1 Å². The van der Waals surface area contributed by atoms with Crippen LogP contribution in [0.15, 0.2) is 77.3 Å². The summed E-state index contributed by atoms with van der Waals surface area (Å²) in [7, 11) is 0. The summed E-state index contributed by atoms with van der Waals surface area (Å²) in [5, 5.41) is 4.77. The van der Waals surface area contributed by atoms with Gasteiger partial charge in [-0.05, 0) is 65.9 Å². The Kier molecular flexibility index (Phi) is 6.06. The normalized spacial score (nSPS) is 11.0. The predicted octanol–water partition coefficient (Wildman–Crippen LogP) is 7.46. The molecule has 0 saturated carbocycles. The minimum absolute atomic E-state index is 0.507. The van der Waals surface area contributed by atoms with Gasteiger partial charge in [-0.1, -0.05) is 72.9 Å². The van der Waals surface area contributed by atoms with Crippen LogP contribution in [0.2, 0.25) is 5.02 Å². The van der Waals surface area contributed by atoms with Crippen molar-refractivity contribution in [3.05, 3.63) is 83.4 Å². The lowest BCUT2D eigenvalue weighted by Gasteiger charge is -2.05. The molecule has 0 N–H and O–H groups in total. The molecule has 4 heteroatoms. The SMILES string of the molecule is CCCCCc1ccc(-c2ccc(-c3nc(-c4ccc(Cl)cc4)no3)cc2)cc1. The highest BCUT2D eigenvalue weighted by molar-refractivity contribution is 6.30. The molecule has 0 fully saturated rings. The molecule has 0 aliphatic heterocycles. The number of benzene rings is 3. The number of unbranched alkanes of at least 4 members (excludes halogenated alkanes) is 2. The summed E-state index contributed by atoms with van der Waals surface area (Å²) < 4.78 is 5.45. The maximum Gasteiger partial charge on any atom is 0.258 e. The molecule has 0 saturated heterocycles. The first-order valence-electron chi connectivity index (χ1n) is 10.0. The van der Waals surface area contributed by atoms with E-state index in [9.17, 15) is 0 Å². The first-order chi connectivity index (χ1) is 14.2. The lowest BCUT2D eigenvalue weighted by Crippen LogP contribution is -1.86. The van der Waals surface area contributed by atoms with Crippen molar-refractivity contribution in [1.82, 2.24) is 10.1 Å². The summed E-state index contributed by atoms with van der Waals surface area (Å²) in [4.78, 5) is 4.51. The van der Waals surface area contributed by atoms with Crippen LogP contribution < -0.4 is 0 Å². The molecular weight excluding hydrogens is 380 g/mol. The molecule has 0 unspecified atom stereocenters. The zero-order valence-corrected chi connectivity index (χ0v) is 17.2. The van der Waals surface area contributed by atoms with Gasteiger partial charge in [0.05, 0.1) is 0 Å². The minimum atomic E-state index is 0.507. The van der Waals surface area contributed by atoms with Gasteiger partial charge in [0.15, 0.2) is 0 Å². The van der Waals surface area contributed by atoms with Gasteiger partial charge in [-0.2, -0.15) is 4.98 Å². The minimum Gasteiger partial charge on any atom is -0.334 e. The molecule has 4 rings (SSSR count). The van der Waals surface area contributed by atoms with E-state index in [1.54, 1.807) is 0 Å². The largest absolute Gasteiger partial charge is 0.334 e. The van der Waals surface area contributed by atoms with Crippen molar-refractivity contribution in [3.8, 4) is 34.0 Å². The Morgan fingerprint density at radius 1 is 0.724 bits per heavy atom. The third-order valence-corrected chi connectivity index (χ3v) is 5.27. The third kappa shape index (κ3) is 4.75. The second-order valence-corrected chi connectivity index (χ2v) is 7.60. The Balaban J connectivity index is 1.47. The van der Waals surface area contributed by atoms with Crippen molar-refractivity contribution in [2.45, 2.75) is 32.6 Å². The van der Waals surface area contributed by atoms with E-state index < -0.39 is 0 Å². The van der Waals surface area contributed by atoms with Gasteiger partial charge in [0.2, 0.25) is 5.82 Å². The van der Waals surface area contributed by atoms with Crippen LogP contribution in [0.5, 0.6) is 0 Å². The molecule has 1 heterocycles. The van der Waals surface area contributed by atoms with Crippen LogP contribution >= 0.6 is 11.6 Å². The number of hydrogen-bond donors (Lipinski definition) is 0. The lowest BCUT2D eigenvalue weighted by molar-refractivity contribution is 0.432. The molecule has 0 spiro atoms. The van der Waals surface area contributed by atoms with Gasteiger partial charge < -0.3 is 4.52 Å². The fraction of sp³-hybridized carbons (Fsp3) is 0.200. The van der Waals surface area contributed by atoms with Crippen molar-refractivity contribution in [2.75, 3.05) is 0 Å². The van der Waals surface area contributed by atoms with E-state index in [1.165, 1.54) is 36.0 Å². The predicted molar refractivity (Wildman–Crippen MR) is 119 cm³/mol. The fourth-order valence-electron chi connectivity index (χ4n) is 3.31. The highest BCUT2D eigenvalue weighted by Gasteiger charge is 2.11. The lowest BCUT2D eigenvalue weighted by atomic mass is 10.0. The van der Waals surface area contributed by atoms with Crippen LogP contribution in [0.25, 0.3) is 34.0 Å². The number of aromatic nitrogens is 2. The van der Waals surface area contributed by atoms with E-state index in [2.05, 4.69) is 53.5 Å². The van der Waals surface area contributed by atoms with E-state index in [-0.39, 0.29) is 0 Å². The summed E-state index contributed by atoms with van der Waals surface area (Å²) in [5.41, 5.74) is 5.56. The number of aryl methyl sites for hydroxylation is 1. The molecule has 0 aliphatic carbocycles. The van der Waals surface area contributed by atoms with Crippen LogP contribution in [0, 0.1) is 0 Å². The van der Waals surface area contributed by atoms with Crippen molar-refractivity contribution >= 4 is 11.6 Å². The maximum atomic E-state index is 5.94. The molecule has 0 bridgehead atoms. The second-order valence-electron chi connectivity index (χ2n) is 7.16. The number of hydrogen-bond acceptors (Lipinski definition) is 3. The highest BCUT2D eigenvalue weighted by atomic mass is 35.5. The molecule has 29 heavy (non-hydrogen) atoms. The summed E-state index contributed by atoms with van der Waals surface area (Å²) in [6, 6.07) is 24.5. The monoisotopic (exact) mass is 402 g/mol. The van der Waals surface area contributed by atoms with E-state index in [4.69, 9.17) is 16.1 Å². The smallest absolute Gasteiger partial charge is 0.258 e. The molecule has 3 aromatic carbocycles. The molecule has 3 nitrogen and oxygen atoms in total. The number of rotatable bonds is 7. The van der Waals surface area contributed by atoms with Crippen molar-refractivity contribution in [2.24, 2.45) is 0 Å².